The summed E-state index contributed by atoms with van der Waals surface area (Å²) in [6.45, 7) is 0.778. The zero-order valence-electron chi connectivity index (χ0n) is 16.1. The summed E-state index contributed by atoms with van der Waals surface area (Å²) in [4.78, 5) is 18.5. The van der Waals surface area contributed by atoms with Gasteiger partial charge in [0.05, 0.1) is 35.9 Å². The van der Waals surface area contributed by atoms with E-state index in [-0.39, 0.29) is 17.3 Å². The Labute approximate surface area is 174 Å². The first-order valence-electron chi connectivity index (χ1n) is 9.04. The normalized spacial score (nSPS) is 14.5. The van der Waals surface area contributed by atoms with Gasteiger partial charge in [0.15, 0.2) is 16.6 Å². The Hall–Kier alpha value is -3.01. The Morgan fingerprint density at radius 3 is 2.57 bits per heavy atom. The fraction of sp³-hybridized carbons (Fsp3) is 0.300. The molecule has 0 atom stereocenters. The third kappa shape index (κ3) is 3.74. The van der Waals surface area contributed by atoms with Crippen molar-refractivity contribution in [3.63, 3.8) is 0 Å². The van der Waals surface area contributed by atoms with Gasteiger partial charge in [0, 0.05) is 24.8 Å². The van der Waals surface area contributed by atoms with Crippen molar-refractivity contribution >= 4 is 38.3 Å². The number of halogens is 3. The third-order valence-electron chi connectivity index (χ3n) is 4.89. The number of para-hydroxylation sites is 1. The van der Waals surface area contributed by atoms with Crippen molar-refractivity contribution in [2.75, 3.05) is 37.5 Å². The number of methoxy groups -OCH3 is 2. The molecule has 1 saturated heterocycles. The lowest BCUT2D eigenvalue weighted by atomic mass is 10.00. The van der Waals surface area contributed by atoms with E-state index in [1.54, 1.807) is 24.3 Å². The van der Waals surface area contributed by atoms with Crippen molar-refractivity contribution in [2.45, 2.75) is 6.18 Å². The molecule has 1 fully saturated rings. The van der Waals surface area contributed by atoms with Crippen LogP contribution in [0.15, 0.2) is 36.4 Å². The van der Waals surface area contributed by atoms with Gasteiger partial charge in [-0.05, 0) is 24.3 Å². The number of rotatable bonds is 5. The van der Waals surface area contributed by atoms with Crippen LogP contribution in [0.5, 0.6) is 11.5 Å². The summed E-state index contributed by atoms with van der Waals surface area (Å²) in [6, 6.07) is 9.10. The number of nitrogens with zero attached hydrogens (tertiary/aromatic N) is 2. The molecule has 30 heavy (non-hydrogen) atoms. The topological polar surface area (TPSA) is 63.7 Å². The van der Waals surface area contributed by atoms with Crippen LogP contribution in [0.4, 0.5) is 24.0 Å². The van der Waals surface area contributed by atoms with Gasteiger partial charge in [-0.15, -0.1) is 0 Å². The largest absolute Gasteiger partial charge is 0.493 e. The Kier molecular flexibility index (Phi) is 5.19. The molecule has 1 aromatic heterocycles. The highest BCUT2D eigenvalue weighted by molar-refractivity contribution is 7.22. The number of benzene rings is 2. The molecule has 10 heteroatoms. The van der Waals surface area contributed by atoms with Gasteiger partial charge in [0.2, 0.25) is 5.91 Å². The number of hydrogen-bond acceptors (Lipinski definition) is 6. The molecule has 1 amide bonds. The number of fused-ring (bicyclic) bond motifs is 1. The lowest BCUT2D eigenvalue weighted by Gasteiger charge is -2.37. The standard InChI is InChI=1S/C20H18F3N3O3S/c1-28-14-7-6-12(8-15(14)29-2)24-18(27)11-9-26(10-11)19-25-17-13(20(21,22)23)4-3-5-16(17)30-19/h3-8,11H,9-10H2,1-2H3,(H,24,27). The van der Waals surface area contributed by atoms with E-state index in [4.69, 9.17) is 9.47 Å². The molecule has 4 rings (SSSR count). The van der Waals surface area contributed by atoms with Gasteiger partial charge < -0.3 is 19.7 Å². The second kappa shape index (κ2) is 7.67. The average Bonchev–Trinajstić information content (AvgIpc) is 3.09. The van der Waals surface area contributed by atoms with Gasteiger partial charge in [0.25, 0.3) is 0 Å². The molecule has 0 spiro atoms. The number of nitrogens with one attached hydrogen (secondary N) is 1. The molecule has 6 nitrogen and oxygen atoms in total. The molecular weight excluding hydrogens is 419 g/mol. The van der Waals surface area contributed by atoms with Crippen LogP contribution in [0, 0.1) is 5.92 Å². The second-order valence-electron chi connectivity index (χ2n) is 6.81. The number of amides is 1. The van der Waals surface area contributed by atoms with Crippen molar-refractivity contribution in [1.29, 1.82) is 0 Å². The van der Waals surface area contributed by atoms with Crippen LogP contribution in [-0.4, -0.2) is 38.2 Å². The average molecular weight is 437 g/mol. The third-order valence-corrected chi connectivity index (χ3v) is 5.97. The van der Waals surface area contributed by atoms with Crippen LogP contribution < -0.4 is 19.7 Å². The number of carbonyl (C=O) groups is 1. The molecule has 0 aliphatic carbocycles. The molecule has 0 unspecified atom stereocenters. The molecule has 0 radical (unpaired) electrons. The fourth-order valence-electron chi connectivity index (χ4n) is 3.26. The molecular formula is C20H18F3N3O3S. The van der Waals surface area contributed by atoms with E-state index in [2.05, 4.69) is 10.3 Å². The van der Waals surface area contributed by atoms with E-state index in [0.717, 1.165) is 6.07 Å². The minimum absolute atomic E-state index is 0.0526. The lowest BCUT2D eigenvalue weighted by Crippen LogP contribution is -2.52. The molecule has 1 N–H and O–H groups in total. The molecule has 0 bridgehead atoms. The summed E-state index contributed by atoms with van der Waals surface area (Å²) in [6.07, 6.45) is -4.46. The van der Waals surface area contributed by atoms with Gasteiger partial charge >= 0.3 is 6.18 Å². The van der Waals surface area contributed by atoms with Gasteiger partial charge in [-0.25, -0.2) is 4.98 Å². The van der Waals surface area contributed by atoms with Crippen LogP contribution in [-0.2, 0) is 11.0 Å². The summed E-state index contributed by atoms with van der Waals surface area (Å²) < 4.78 is 50.4. The summed E-state index contributed by atoms with van der Waals surface area (Å²) in [5.74, 6) is 0.600. The van der Waals surface area contributed by atoms with E-state index < -0.39 is 11.7 Å². The molecule has 3 aromatic rings. The minimum atomic E-state index is -4.46. The number of carbonyl (C=O) groups excluding carboxylic acids is 1. The predicted octanol–water partition coefficient (Wildman–Crippen LogP) is 4.41. The highest BCUT2D eigenvalue weighted by atomic mass is 32.1. The van der Waals surface area contributed by atoms with Crippen molar-refractivity contribution < 1.29 is 27.4 Å². The molecule has 2 heterocycles. The number of anilines is 2. The number of hydrogen-bond donors (Lipinski definition) is 1. The zero-order valence-corrected chi connectivity index (χ0v) is 16.9. The number of ether oxygens (including phenoxy) is 2. The maximum atomic E-state index is 13.2. The van der Waals surface area contributed by atoms with Gasteiger partial charge in [-0.2, -0.15) is 13.2 Å². The highest BCUT2D eigenvalue weighted by Gasteiger charge is 2.37. The first-order chi connectivity index (χ1) is 14.3. The zero-order chi connectivity index (χ0) is 21.5. The van der Waals surface area contributed by atoms with Gasteiger partial charge in [-0.1, -0.05) is 17.4 Å². The number of thiazole rings is 1. The molecule has 2 aromatic carbocycles. The van der Waals surface area contributed by atoms with Crippen LogP contribution in [0.2, 0.25) is 0 Å². The molecule has 0 saturated carbocycles. The SMILES string of the molecule is COc1ccc(NC(=O)C2CN(c3nc4c(C(F)(F)F)cccc4s3)C2)cc1OC. The van der Waals surface area contributed by atoms with E-state index in [9.17, 15) is 18.0 Å². The second-order valence-corrected chi connectivity index (χ2v) is 7.82. The summed E-state index contributed by atoms with van der Waals surface area (Å²) in [7, 11) is 3.04. The van der Waals surface area contributed by atoms with Crippen LogP contribution in [0.3, 0.4) is 0 Å². The van der Waals surface area contributed by atoms with E-state index >= 15 is 0 Å². The molecule has 1 aliphatic heterocycles. The van der Waals surface area contributed by atoms with Crippen molar-refractivity contribution in [3.8, 4) is 11.5 Å². The first-order valence-corrected chi connectivity index (χ1v) is 9.86. The minimum Gasteiger partial charge on any atom is -0.493 e. The van der Waals surface area contributed by atoms with E-state index in [0.29, 0.717) is 40.1 Å². The monoisotopic (exact) mass is 437 g/mol. The summed E-state index contributed by atoms with van der Waals surface area (Å²) in [5.41, 5.74) is -0.222. The van der Waals surface area contributed by atoms with Crippen LogP contribution in [0.25, 0.3) is 10.2 Å². The number of alkyl halides is 3. The summed E-state index contributed by atoms with van der Waals surface area (Å²) in [5, 5.41) is 3.31. The van der Waals surface area contributed by atoms with Crippen LogP contribution >= 0.6 is 11.3 Å². The maximum Gasteiger partial charge on any atom is 0.418 e. The Balaban J connectivity index is 1.43. The van der Waals surface area contributed by atoms with Crippen molar-refractivity contribution in [1.82, 2.24) is 4.98 Å². The quantitative estimate of drug-likeness (QED) is 0.641. The molecule has 158 valence electrons. The Morgan fingerprint density at radius 2 is 1.90 bits per heavy atom. The number of aromatic nitrogens is 1. The van der Waals surface area contributed by atoms with Gasteiger partial charge in [0.1, 0.15) is 0 Å². The van der Waals surface area contributed by atoms with E-state index in [1.807, 2.05) is 4.90 Å². The first kappa shape index (κ1) is 20.3. The molecule has 1 aliphatic rings. The lowest BCUT2D eigenvalue weighted by molar-refractivity contribution is -0.136. The highest BCUT2D eigenvalue weighted by Crippen LogP contribution is 2.40. The maximum absolute atomic E-state index is 13.2. The Morgan fingerprint density at radius 1 is 1.17 bits per heavy atom. The van der Waals surface area contributed by atoms with E-state index in [1.165, 1.54) is 31.6 Å². The fourth-order valence-corrected chi connectivity index (χ4v) is 4.27. The predicted molar refractivity (Wildman–Crippen MR) is 109 cm³/mol. The Bertz CT molecular complexity index is 1090. The smallest absolute Gasteiger partial charge is 0.418 e. The summed E-state index contributed by atoms with van der Waals surface area (Å²) >= 11 is 1.19. The van der Waals surface area contributed by atoms with Crippen molar-refractivity contribution in [2.24, 2.45) is 5.92 Å². The van der Waals surface area contributed by atoms with Crippen molar-refractivity contribution in [3.05, 3.63) is 42.0 Å². The van der Waals surface area contributed by atoms with Gasteiger partial charge in [-0.3, -0.25) is 4.79 Å². The van der Waals surface area contributed by atoms with Crippen LogP contribution in [0.1, 0.15) is 5.56 Å².